The molecule has 0 saturated heterocycles. The van der Waals surface area contributed by atoms with Gasteiger partial charge in [-0.2, -0.15) is 0 Å². The molecular formula is C14H9F2N3. The van der Waals surface area contributed by atoms with Crippen LogP contribution in [0.25, 0.3) is 16.9 Å². The first-order valence-corrected chi connectivity index (χ1v) is 5.68. The van der Waals surface area contributed by atoms with Crippen LogP contribution in [0.5, 0.6) is 0 Å². The van der Waals surface area contributed by atoms with Crippen molar-refractivity contribution in [1.82, 2.24) is 15.0 Å². The number of aromatic nitrogens is 3. The van der Waals surface area contributed by atoms with Crippen LogP contribution in [0.2, 0.25) is 0 Å². The summed E-state index contributed by atoms with van der Waals surface area (Å²) in [5.41, 5.74) is 0.976. The predicted molar refractivity (Wildman–Crippen MR) is 66.7 cm³/mol. The van der Waals surface area contributed by atoms with E-state index in [2.05, 4.69) is 10.3 Å². The number of halogens is 2. The zero-order valence-electron chi connectivity index (χ0n) is 9.79. The molecule has 0 bridgehead atoms. The van der Waals surface area contributed by atoms with Crippen molar-refractivity contribution in [2.75, 3.05) is 0 Å². The SMILES string of the molecule is Fc1ccccc1-c1cn(-c2ccccc2F)nn1. The third-order valence-electron chi connectivity index (χ3n) is 2.74. The van der Waals surface area contributed by atoms with E-state index >= 15 is 0 Å². The predicted octanol–water partition coefficient (Wildman–Crippen LogP) is 3.21. The van der Waals surface area contributed by atoms with Crippen molar-refractivity contribution in [1.29, 1.82) is 0 Å². The van der Waals surface area contributed by atoms with Crippen LogP contribution in [-0.2, 0) is 0 Å². The molecule has 94 valence electrons. The van der Waals surface area contributed by atoms with Crippen LogP contribution >= 0.6 is 0 Å². The summed E-state index contributed by atoms with van der Waals surface area (Å²) >= 11 is 0. The van der Waals surface area contributed by atoms with Crippen LogP contribution in [0.15, 0.2) is 54.7 Å². The molecule has 0 radical (unpaired) electrons. The molecule has 0 amide bonds. The maximum absolute atomic E-state index is 13.6. The fraction of sp³-hybridized carbons (Fsp3) is 0. The van der Waals surface area contributed by atoms with Gasteiger partial charge in [0, 0.05) is 5.56 Å². The second kappa shape index (κ2) is 4.61. The van der Waals surface area contributed by atoms with Crippen LogP contribution < -0.4 is 0 Å². The molecule has 19 heavy (non-hydrogen) atoms. The molecule has 3 nitrogen and oxygen atoms in total. The molecule has 0 unspecified atom stereocenters. The van der Waals surface area contributed by atoms with Gasteiger partial charge in [0.05, 0.1) is 6.20 Å². The minimum atomic E-state index is -0.410. The number of nitrogens with zero attached hydrogens (tertiary/aromatic N) is 3. The van der Waals surface area contributed by atoms with E-state index in [4.69, 9.17) is 0 Å². The van der Waals surface area contributed by atoms with Gasteiger partial charge in [0.15, 0.2) is 0 Å². The van der Waals surface area contributed by atoms with Gasteiger partial charge in [-0.05, 0) is 24.3 Å². The quantitative estimate of drug-likeness (QED) is 0.705. The molecule has 0 atom stereocenters. The second-order valence-electron chi connectivity index (χ2n) is 3.98. The van der Waals surface area contributed by atoms with Crippen LogP contribution in [0.3, 0.4) is 0 Å². The maximum Gasteiger partial charge on any atom is 0.148 e. The topological polar surface area (TPSA) is 30.7 Å². The van der Waals surface area contributed by atoms with Crippen LogP contribution in [0.1, 0.15) is 0 Å². The number of hydrogen-bond donors (Lipinski definition) is 0. The summed E-state index contributed by atoms with van der Waals surface area (Å²) in [7, 11) is 0. The van der Waals surface area contributed by atoms with Crippen molar-refractivity contribution in [3.63, 3.8) is 0 Å². The highest BCUT2D eigenvalue weighted by Crippen LogP contribution is 2.21. The Balaban J connectivity index is 2.06. The molecule has 0 aliphatic rings. The first-order chi connectivity index (χ1) is 9.25. The minimum absolute atomic E-state index is 0.276. The average molecular weight is 257 g/mol. The fourth-order valence-electron chi connectivity index (χ4n) is 1.81. The Bertz CT molecular complexity index is 662. The number of benzene rings is 2. The van der Waals surface area contributed by atoms with E-state index in [0.717, 1.165) is 0 Å². The Hall–Kier alpha value is -2.56. The summed E-state index contributed by atoms with van der Waals surface area (Å²) in [6, 6.07) is 12.5. The highest BCUT2D eigenvalue weighted by Gasteiger charge is 2.11. The largest absolute Gasteiger partial charge is 0.217 e. The molecule has 3 rings (SSSR count). The van der Waals surface area contributed by atoms with Crippen LogP contribution in [0.4, 0.5) is 8.78 Å². The zero-order valence-corrected chi connectivity index (χ0v) is 9.79. The van der Waals surface area contributed by atoms with E-state index in [-0.39, 0.29) is 11.5 Å². The van der Waals surface area contributed by atoms with Crippen LogP contribution in [-0.4, -0.2) is 15.0 Å². The lowest BCUT2D eigenvalue weighted by atomic mass is 10.1. The molecule has 1 aromatic heterocycles. The van der Waals surface area contributed by atoms with Crippen molar-refractivity contribution in [2.45, 2.75) is 0 Å². The molecule has 1 heterocycles. The van der Waals surface area contributed by atoms with Gasteiger partial charge in [-0.3, -0.25) is 0 Å². The normalized spacial score (nSPS) is 10.6. The summed E-state index contributed by atoms with van der Waals surface area (Å²) in [6.45, 7) is 0. The highest BCUT2D eigenvalue weighted by atomic mass is 19.1. The first-order valence-electron chi connectivity index (χ1n) is 5.68. The molecular weight excluding hydrogens is 248 g/mol. The Morgan fingerprint density at radius 3 is 2.26 bits per heavy atom. The van der Waals surface area contributed by atoms with Gasteiger partial charge in [-0.1, -0.05) is 29.5 Å². The highest BCUT2D eigenvalue weighted by molar-refractivity contribution is 5.58. The Morgan fingerprint density at radius 1 is 0.842 bits per heavy atom. The molecule has 2 aromatic carbocycles. The zero-order chi connectivity index (χ0) is 13.2. The third kappa shape index (κ3) is 2.10. The molecule has 0 N–H and O–H groups in total. The van der Waals surface area contributed by atoms with Crippen molar-refractivity contribution >= 4 is 0 Å². The smallest absolute Gasteiger partial charge is 0.148 e. The lowest BCUT2D eigenvalue weighted by Gasteiger charge is -2.00. The van der Waals surface area contributed by atoms with Gasteiger partial charge in [-0.15, -0.1) is 5.10 Å². The summed E-state index contributed by atoms with van der Waals surface area (Å²) in [4.78, 5) is 0. The van der Waals surface area contributed by atoms with E-state index in [9.17, 15) is 8.78 Å². The van der Waals surface area contributed by atoms with Crippen molar-refractivity contribution in [3.05, 3.63) is 66.4 Å². The Kier molecular flexibility index (Phi) is 2.79. The van der Waals surface area contributed by atoms with E-state index in [1.807, 2.05) is 0 Å². The summed E-state index contributed by atoms with van der Waals surface area (Å²) < 4.78 is 28.5. The summed E-state index contributed by atoms with van der Waals surface area (Å²) in [5, 5.41) is 7.70. The molecule has 0 aliphatic carbocycles. The lowest BCUT2D eigenvalue weighted by molar-refractivity contribution is 0.607. The lowest BCUT2D eigenvalue weighted by Crippen LogP contribution is -1.97. The van der Waals surface area contributed by atoms with E-state index < -0.39 is 5.82 Å². The fourth-order valence-corrected chi connectivity index (χ4v) is 1.81. The number of para-hydroxylation sites is 1. The van der Waals surface area contributed by atoms with Crippen molar-refractivity contribution < 1.29 is 8.78 Å². The minimum Gasteiger partial charge on any atom is -0.217 e. The van der Waals surface area contributed by atoms with Crippen LogP contribution in [0, 0.1) is 11.6 Å². The Labute approximate surface area is 108 Å². The van der Waals surface area contributed by atoms with E-state index in [0.29, 0.717) is 11.3 Å². The van der Waals surface area contributed by atoms with Crippen molar-refractivity contribution in [2.24, 2.45) is 0 Å². The summed E-state index contributed by atoms with van der Waals surface area (Å²) in [6.07, 6.45) is 1.50. The van der Waals surface area contributed by atoms with Gasteiger partial charge in [0.2, 0.25) is 0 Å². The van der Waals surface area contributed by atoms with Gasteiger partial charge >= 0.3 is 0 Å². The molecule has 0 aliphatic heterocycles. The van der Waals surface area contributed by atoms with Crippen molar-refractivity contribution in [3.8, 4) is 16.9 Å². The van der Waals surface area contributed by atoms with Gasteiger partial charge in [-0.25, -0.2) is 13.5 Å². The summed E-state index contributed by atoms with van der Waals surface area (Å²) in [5.74, 6) is -0.796. The molecule has 0 fully saturated rings. The van der Waals surface area contributed by atoms with E-state index in [1.165, 1.54) is 23.0 Å². The molecule has 3 aromatic rings. The maximum atomic E-state index is 13.6. The Morgan fingerprint density at radius 2 is 1.53 bits per heavy atom. The van der Waals surface area contributed by atoms with Gasteiger partial charge < -0.3 is 0 Å². The standard InChI is InChI=1S/C14H9F2N3/c15-11-6-2-1-5-10(11)13-9-19(18-17-13)14-8-4-3-7-12(14)16/h1-9H. The molecule has 5 heteroatoms. The monoisotopic (exact) mass is 257 g/mol. The first kappa shape index (κ1) is 11.5. The van der Waals surface area contributed by atoms with E-state index in [1.54, 1.807) is 36.4 Å². The third-order valence-corrected chi connectivity index (χ3v) is 2.74. The van der Waals surface area contributed by atoms with Gasteiger partial charge in [0.1, 0.15) is 23.0 Å². The molecule has 0 saturated carbocycles. The second-order valence-corrected chi connectivity index (χ2v) is 3.98. The number of rotatable bonds is 2. The average Bonchev–Trinajstić information content (AvgIpc) is 2.89. The molecule has 0 spiro atoms. The number of hydrogen-bond acceptors (Lipinski definition) is 2. The van der Waals surface area contributed by atoms with Gasteiger partial charge in [0.25, 0.3) is 0 Å².